The minimum atomic E-state index is 0. The number of fused-ring (bicyclic) bond motifs is 1. The summed E-state index contributed by atoms with van der Waals surface area (Å²) in [5.41, 5.74) is 8.12. The molecule has 0 atom stereocenters. The van der Waals surface area contributed by atoms with E-state index in [-0.39, 0.29) is 18.4 Å². The van der Waals surface area contributed by atoms with Crippen molar-refractivity contribution in [2.24, 2.45) is 5.73 Å². The monoisotopic (exact) mass is 211 g/mol. The molecule has 2 rings (SSSR count). The molecule has 3 N–H and O–H groups in total. The molecule has 3 nitrogen and oxygen atoms in total. The van der Waals surface area contributed by atoms with Gasteiger partial charge in [-0.15, -0.1) is 12.4 Å². The molecule has 1 aliphatic rings. The summed E-state index contributed by atoms with van der Waals surface area (Å²) in [6.07, 6.45) is 0.996. The van der Waals surface area contributed by atoms with E-state index in [9.17, 15) is 0 Å². The largest absolute Gasteiger partial charge is 0.370 e. The Labute approximate surface area is 89.8 Å². The minimum absolute atomic E-state index is 0. The highest BCUT2D eigenvalue weighted by molar-refractivity contribution is 5.85. The number of halogens is 1. The highest BCUT2D eigenvalue weighted by Gasteiger charge is 2.15. The Morgan fingerprint density at radius 2 is 1.93 bits per heavy atom. The van der Waals surface area contributed by atoms with Crippen LogP contribution in [0.4, 0.5) is 0 Å². The van der Waals surface area contributed by atoms with Gasteiger partial charge in [0.1, 0.15) is 0 Å². The molecule has 1 aliphatic heterocycles. The van der Waals surface area contributed by atoms with Gasteiger partial charge in [0.05, 0.1) is 0 Å². The molecule has 0 saturated heterocycles. The Morgan fingerprint density at radius 1 is 1.29 bits per heavy atom. The van der Waals surface area contributed by atoms with Gasteiger partial charge in [0.25, 0.3) is 0 Å². The SMILES string of the molecule is Cl.N=C(N)N1CCc2ccccc2C1. The van der Waals surface area contributed by atoms with Gasteiger partial charge in [-0.25, -0.2) is 0 Å². The normalized spacial score (nSPS) is 14.1. The molecule has 76 valence electrons. The van der Waals surface area contributed by atoms with Crippen molar-refractivity contribution in [1.29, 1.82) is 5.41 Å². The summed E-state index contributed by atoms with van der Waals surface area (Å²) < 4.78 is 0. The molecule has 0 amide bonds. The molecule has 14 heavy (non-hydrogen) atoms. The molecule has 0 radical (unpaired) electrons. The van der Waals surface area contributed by atoms with Crippen molar-refractivity contribution in [3.05, 3.63) is 35.4 Å². The Bertz CT molecular complexity index is 338. The smallest absolute Gasteiger partial charge is 0.188 e. The van der Waals surface area contributed by atoms with Crippen molar-refractivity contribution >= 4 is 18.4 Å². The predicted octanol–water partition coefficient (Wildman–Crippen LogP) is 1.36. The van der Waals surface area contributed by atoms with Crippen LogP contribution in [-0.4, -0.2) is 17.4 Å². The predicted molar refractivity (Wildman–Crippen MR) is 59.7 cm³/mol. The van der Waals surface area contributed by atoms with Crippen molar-refractivity contribution in [2.45, 2.75) is 13.0 Å². The molecule has 1 aromatic carbocycles. The lowest BCUT2D eigenvalue weighted by Gasteiger charge is -2.28. The lowest BCUT2D eigenvalue weighted by atomic mass is 10.0. The van der Waals surface area contributed by atoms with E-state index >= 15 is 0 Å². The van der Waals surface area contributed by atoms with Crippen LogP contribution in [0.1, 0.15) is 11.1 Å². The molecular weight excluding hydrogens is 198 g/mol. The fraction of sp³-hybridized carbons (Fsp3) is 0.300. The quantitative estimate of drug-likeness (QED) is 0.503. The molecular formula is C10H14ClN3. The maximum absolute atomic E-state index is 7.33. The van der Waals surface area contributed by atoms with E-state index in [0.29, 0.717) is 0 Å². The van der Waals surface area contributed by atoms with Gasteiger partial charge in [0.2, 0.25) is 0 Å². The number of guanidine groups is 1. The van der Waals surface area contributed by atoms with Crippen LogP contribution in [0.5, 0.6) is 0 Å². The standard InChI is InChI=1S/C10H13N3.ClH/c11-10(12)13-6-5-8-3-1-2-4-9(8)7-13;/h1-4H,5-7H2,(H3,11,12);1H. The first-order valence-electron chi connectivity index (χ1n) is 4.43. The van der Waals surface area contributed by atoms with Gasteiger partial charge in [0, 0.05) is 13.1 Å². The van der Waals surface area contributed by atoms with Gasteiger partial charge in [-0.3, -0.25) is 5.41 Å². The van der Waals surface area contributed by atoms with Crippen LogP contribution in [0.15, 0.2) is 24.3 Å². The number of rotatable bonds is 0. The summed E-state index contributed by atoms with van der Waals surface area (Å²) in [5, 5.41) is 7.33. The lowest BCUT2D eigenvalue weighted by molar-refractivity contribution is 0.387. The van der Waals surface area contributed by atoms with Gasteiger partial charge in [-0.2, -0.15) is 0 Å². The van der Waals surface area contributed by atoms with E-state index < -0.39 is 0 Å². The molecule has 1 heterocycles. The van der Waals surface area contributed by atoms with E-state index in [1.54, 1.807) is 0 Å². The Hall–Kier alpha value is -1.22. The maximum Gasteiger partial charge on any atom is 0.188 e. The second-order valence-electron chi connectivity index (χ2n) is 3.33. The van der Waals surface area contributed by atoms with Crippen LogP contribution in [-0.2, 0) is 13.0 Å². The van der Waals surface area contributed by atoms with Gasteiger partial charge in [-0.05, 0) is 17.5 Å². The van der Waals surface area contributed by atoms with Crippen LogP contribution in [0.2, 0.25) is 0 Å². The average molecular weight is 212 g/mol. The van der Waals surface area contributed by atoms with Crippen molar-refractivity contribution in [1.82, 2.24) is 4.90 Å². The maximum atomic E-state index is 7.33. The fourth-order valence-electron chi connectivity index (χ4n) is 1.70. The van der Waals surface area contributed by atoms with Crippen molar-refractivity contribution in [2.75, 3.05) is 6.54 Å². The molecule has 0 saturated carbocycles. The first-order chi connectivity index (χ1) is 6.27. The second kappa shape index (κ2) is 4.33. The number of benzene rings is 1. The summed E-state index contributed by atoms with van der Waals surface area (Å²) in [5.74, 6) is 0.175. The van der Waals surface area contributed by atoms with Crippen molar-refractivity contribution < 1.29 is 0 Å². The zero-order valence-corrected chi connectivity index (χ0v) is 8.68. The van der Waals surface area contributed by atoms with E-state index in [4.69, 9.17) is 11.1 Å². The van der Waals surface area contributed by atoms with Crippen molar-refractivity contribution in [3.8, 4) is 0 Å². The van der Waals surface area contributed by atoms with E-state index in [1.807, 2.05) is 11.0 Å². The molecule has 4 heteroatoms. The van der Waals surface area contributed by atoms with E-state index in [2.05, 4.69) is 18.2 Å². The van der Waals surface area contributed by atoms with Gasteiger partial charge < -0.3 is 10.6 Å². The summed E-state index contributed by atoms with van der Waals surface area (Å²) in [6.45, 7) is 1.65. The first kappa shape index (κ1) is 10.9. The third-order valence-electron chi connectivity index (χ3n) is 2.47. The Morgan fingerprint density at radius 3 is 2.57 bits per heavy atom. The van der Waals surface area contributed by atoms with Gasteiger partial charge >= 0.3 is 0 Å². The Balaban J connectivity index is 0.000000980. The third kappa shape index (κ3) is 1.99. The Kier molecular flexibility index (Phi) is 3.36. The molecule has 0 fully saturated rings. The molecule has 0 aliphatic carbocycles. The average Bonchev–Trinajstić information content (AvgIpc) is 2.17. The molecule has 0 aromatic heterocycles. The van der Waals surface area contributed by atoms with Crippen LogP contribution in [0.25, 0.3) is 0 Å². The van der Waals surface area contributed by atoms with Gasteiger partial charge in [-0.1, -0.05) is 24.3 Å². The molecule has 0 spiro atoms. The van der Waals surface area contributed by atoms with Crippen molar-refractivity contribution in [3.63, 3.8) is 0 Å². The summed E-state index contributed by atoms with van der Waals surface area (Å²) >= 11 is 0. The number of nitrogens with two attached hydrogens (primary N) is 1. The first-order valence-corrected chi connectivity index (χ1v) is 4.43. The number of hydrogen-bond acceptors (Lipinski definition) is 1. The van der Waals surface area contributed by atoms with Gasteiger partial charge in [0.15, 0.2) is 5.96 Å². The van der Waals surface area contributed by atoms with E-state index in [1.165, 1.54) is 11.1 Å². The topological polar surface area (TPSA) is 53.1 Å². The zero-order valence-electron chi connectivity index (χ0n) is 7.86. The third-order valence-corrected chi connectivity index (χ3v) is 2.47. The zero-order chi connectivity index (χ0) is 9.26. The lowest BCUT2D eigenvalue weighted by Crippen LogP contribution is -2.39. The number of nitrogens with zero attached hydrogens (tertiary/aromatic N) is 1. The number of hydrogen-bond donors (Lipinski definition) is 2. The summed E-state index contributed by atoms with van der Waals surface area (Å²) in [4.78, 5) is 1.89. The molecule has 0 unspecified atom stereocenters. The number of nitrogens with one attached hydrogen (secondary N) is 1. The van der Waals surface area contributed by atoms with Crippen LogP contribution in [0.3, 0.4) is 0 Å². The van der Waals surface area contributed by atoms with Crippen LogP contribution in [0, 0.1) is 5.41 Å². The second-order valence-corrected chi connectivity index (χ2v) is 3.33. The highest BCUT2D eigenvalue weighted by atomic mass is 35.5. The van der Waals surface area contributed by atoms with E-state index in [0.717, 1.165) is 19.5 Å². The molecule has 1 aromatic rings. The molecule has 0 bridgehead atoms. The fourth-order valence-corrected chi connectivity index (χ4v) is 1.70. The van der Waals surface area contributed by atoms with Crippen LogP contribution >= 0.6 is 12.4 Å². The summed E-state index contributed by atoms with van der Waals surface area (Å²) in [6, 6.07) is 8.34. The minimum Gasteiger partial charge on any atom is -0.370 e. The highest BCUT2D eigenvalue weighted by Crippen LogP contribution is 2.17. The summed E-state index contributed by atoms with van der Waals surface area (Å²) in [7, 11) is 0. The van der Waals surface area contributed by atoms with Crippen LogP contribution < -0.4 is 5.73 Å².